The fourth-order valence-corrected chi connectivity index (χ4v) is 1.80. The number of thiol groups is 1. The second-order valence-corrected chi connectivity index (χ2v) is 4.76. The minimum Gasteiger partial charge on any atom is -0.176 e. The Hall–Kier alpha value is 0.350. The standard InChI is InChI=1S/C10H22S/c1-5-6-10(8(2)3)7-9(4)11/h8-11H,5-7H2,1-4H3. The quantitative estimate of drug-likeness (QED) is 0.603. The third kappa shape index (κ3) is 5.60. The smallest absolute Gasteiger partial charge is 0.000885 e. The van der Waals surface area contributed by atoms with Crippen molar-refractivity contribution in [2.24, 2.45) is 11.8 Å². The highest BCUT2D eigenvalue weighted by atomic mass is 32.1. The van der Waals surface area contributed by atoms with Gasteiger partial charge in [-0.25, -0.2) is 0 Å². The van der Waals surface area contributed by atoms with Crippen molar-refractivity contribution in [1.82, 2.24) is 0 Å². The molecule has 0 radical (unpaired) electrons. The lowest BCUT2D eigenvalue weighted by molar-refractivity contribution is 0.334. The first-order valence-corrected chi connectivity index (χ1v) is 5.27. The average Bonchev–Trinajstić information content (AvgIpc) is 1.86. The van der Waals surface area contributed by atoms with Crippen molar-refractivity contribution >= 4 is 12.6 Å². The fraction of sp³-hybridized carbons (Fsp3) is 1.00. The number of hydrogen-bond donors (Lipinski definition) is 1. The van der Waals surface area contributed by atoms with Crippen molar-refractivity contribution in [2.45, 2.75) is 52.2 Å². The molecule has 0 fully saturated rings. The summed E-state index contributed by atoms with van der Waals surface area (Å²) >= 11 is 4.42. The second kappa shape index (κ2) is 5.93. The summed E-state index contributed by atoms with van der Waals surface area (Å²) in [6.45, 7) is 9.08. The minimum atomic E-state index is 0.564. The molecule has 0 bridgehead atoms. The van der Waals surface area contributed by atoms with Gasteiger partial charge in [-0.05, 0) is 23.5 Å². The predicted molar refractivity (Wildman–Crippen MR) is 56.3 cm³/mol. The van der Waals surface area contributed by atoms with Crippen LogP contribution in [0.15, 0.2) is 0 Å². The zero-order chi connectivity index (χ0) is 8.85. The van der Waals surface area contributed by atoms with Crippen molar-refractivity contribution < 1.29 is 0 Å². The van der Waals surface area contributed by atoms with Gasteiger partial charge in [0.05, 0.1) is 0 Å². The van der Waals surface area contributed by atoms with E-state index in [0.29, 0.717) is 5.25 Å². The lowest BCUT2D eigenvalue weighted by atomic mass is 9.87. The average molecular weight is 174 g/mol. The van der Waals surface area contributed by atoms with Crippen LogP contribution >= 0.6 is 12.6 Å². The maximum Gasteiger partial charge on any atom is -0.000885 e. The normalized spacial score (nSPS) is 16.9. The highest BCUT2D eigenvalue weighted by Crippen LogP contribution is 2.23. The van der Waals surface area contributed by atoms with Crippen LogP contribution in [0.25, 0.3) is 0 Å². The topological polar surface area (TPSA) is 0 Å². The summed E-state index contributed by atoms with van der Waals surface area (Å²) < 4.78 is 0. The largest absolute Gasteiger partial charge is 0.176 e. The van der Waals surface area contributed by atoms with E-state index in [4.69, 9.17) is 0 Å². The van der Waals surface area contributed by atoms with Gasteiger partial charge in [-0.15, -0.1) is 0 Å². The van der Waals surface area contributed by atoms with Gasteiger partial charge in [-0.2, -0.15) is 12.6 Å². The maximum atomic E-state index is 4.42. The summed E-state index contributed by atoms with van der Waals surface area (Å²) in [6.07, 6.45) is 3.94. The summed E-state index contributed by atoms with van der Waals surface area (Å²) in [5.74, 6) is 1.71. The first-order chi connectivity index (χ1) is 5.07. The van der Waals surface area contributed by atoms with E-state index in [9.17, 15) is 0 Å². The lowest BCUT2D eigenvalue weighted by Crippen LogP contribution is -2.12. The Labute approximate surface area is 77.2 Å². The van der Waals surface area contributed by atoms with Crippen molar-refractivity contribution in [3.63, 3.8) is 0 Å². The van der Waals surface area contributed by atoms with Gasteiger partial charge in [0, 0.05) is 0 Å². The van der Waals surface area contributed by atoms with Gasteiger partial charge in [0.2, 0.25) is 0 Å². The van der Waals surface area contributed by atoms with E-state index in [2.05, 4.69) is 40.3 Å². The monoisotopic (exact) mass is 174 g/mol. The molecule has 0 aliphatic carbocycles. The second-order valence-electron chi connectivity index (χ2n) is 3.88. The first-order valence-electron chi connectivity index (χ1n) is 4.76. The summed E-state index contributed by atoms with van der Waals surface area (Å²) in [5.41, 5.74) is 0. The molecule has 11 heavy (non-hydrogen) atoms. The molecule has 1 heteroatoms. The zero-order valence-corrected chi connectivity index (χ0v) is 9.20. The molecule has 0 rings (SSSR count). The molecule has 0 N–H and O–H groups in total. The van der Waals surface area contributed by atoms with Gasteiger partial charge in [-0.3, -0.25) is 0 Å². The molecule has 0 spiro atoms. The Morgan fingerprint density at radius 1 is 1.18 bits per heavy atom. The molecule has 0 amide bonds. The molecular weight excluding hydrogens is 152 g/mol. The summed E-state index contributed by atoms with van der Waals surface area (Å²) in [4.78, 5) is 0. The summed E-state index contributed by atoms with van der Waals surface area (Å²) in [7, 11) is 0. The van der Waals surface area contributed by atoms with Gasteiger partial charge < -0.3 is 0 Å². The van der Waals surface area contributed by atoms with E-state index in [0.717, 1.165) is 11.8 Å². The lowest BCUT2D eigenvalue weighted by Gasteiger charge is -2.21. The summed E-state index contributed by atoms with van der Waals surface area (Å²) in [6, 6.07) is 0. The zero-order valence-electron chi connectivity index (χ0n) is 8.30. The van der Waals surface area contributed by atoms with Gasteiger partial charge >= 0.3 is 0 Å². The van der Waals surface area contributed by atoms with Crippen LogP contribution in [0.2, 0.25) is 0 Å². The number of rotatable bonds is 5. The third-order valence-electron chi connectivity index (χ3n) is 2.25. The highest BCUT2D eigenvalue weighted by molar-refractivity contribution is 7.80. The fourth-order valence-electron chi connectivity index (χ4n) is 1.53. The molecular formula is C10H22S. The van der Waals surface area contributed by atoms with E-state index in [-0.39, 0.29) is 0 Å². The molecule has 0 aromatic carbocycles. The maximum absolute atomic E-state index is 4.42. The molecule has 0 aromatic heterocycles. The van der Waals surface area contributed by atoms with E-state index in [1.807, 2.05) is 0 Å². The molecule has 2 atom stereocenters. The van der Waals surface area contributed by atoms with Crippen LogP contribution in [0.1, 0.15) is 47.0 Å². The molecule has 0 aliphatic rings. The van der Waals surface area contributed by atoms with Crippen LogP contribution in [0.4, 0.5) is 0 Å². The molecule has 0 saturated heterocycles. The number of hydrogen-bond acceptors (Lipinski definition) is 1. The van der Waals surface area contributed by atoms with Gasteiger partial charge in [0.1, 0.15) is 0 Å². The molecule has 0 saturated carbocycles. The molecule has 0 heterocycles. The van der Waals surface area contributed by atoms with E-state index < -0.39 is 0 Å². The first kappa shape index (κ1) is 11.4. The summed E-state index contributed by atoms with van der Waals surface area (Å²) in [5, 5.41) is 0.564. The van der Waals surface area contributed by atoms with Gasteiger partial charge in [0.25, 0.3) is 0 Å². The van der Waals surface area contributed by atoms with Crippen LogP contribution in [-0.2, 0) is 0 Å². The van der Waals surface area contributed by atoms with Crippen LogP contribution in [0, 0.1) is 11.8 Å². The van der Waals surface area contributed by atoms with E-state index in [1.54, 1.807) is 0 Å². The van der Waals surface area contributed by atoms with Crippen LogP contribution < -0.4 is 0 Å². The predicted octanol–water partition coefficient (Wildman–Crippen LogP) is 3.77. The molecule has 0 nitrogen and oxygen atoms in total. The van der Waals surface area contributed by atoms with Crippen molar-refractivity contribution in [2.75, 3.05) is 0 Å². The Morgan fingerprint density at radius 2 is 1.73 bits per heavy atom. The van der Waals surface area contributed by atoms with E-state index in [1.165, 1.54) is 19.3 Å². The Bertz CT molecular complexity index is 86.9. The third-order valence-corrected chi connectivity index (χ3v) is 2.46. The van der Waals surface area contributed by atoms with Crippen molar-refractivity contribution in [3.8, 4) is 0 Å². The van der Waals surface area contributed by atoms with Crippen molar-refractivity contribution in [3.05, 3.63) is 0 Å². The minimum absolute atomic E-state index is 0.564. The Kier molecular flexibility index (Phi) is 6.12. The highest BCUT2D eigenvalue weighted by Gasteiger charge is 2.13. The van der Waals surface area contributed by atoms with Gasteiger partial charge in [-0.1, -0.05) is 40.5 Å². The Morgan fingerprint density at radius 3 is 2.00 bits per heavy atom. The van der Waals surface area contributed by atoms with Crippen LogP contribution in [0.3, 0.4) is 0 Å². The Balaban J connectivity index is 3.69. The molecule has 0 aromatic rings. The molecule has 2 unspecified atom stereocenters. The molecule has 68 valence electrons. The van der Waals surface area contributed by atoms with Crippen LogP contribution in [-0.4, -0.2) is 5.25 Å². The van der Waals surface area contributed by atoms with Crippen molar-refractivity contribution in [1.29, 1.82) is 0 Å². The van der Waals surface area contributed by atoms with Crippen LogP contribution in [0.5, 0.6) is 0 Å². The SMILES string of the molecule is CCCC(CC(C)S)C(C)C. The van der Waals surface area contributed by atoms with E-state index >= 15 is 0 Å². The molecule has 0 aliphatic heterocycles. The van der Waals surface area contributed by atoms with Gasteiger partial charge in [0.15, 0.2) is 0 Å².